The Bertz CT molecular complexity index is 226. The average molecular weight is 210 g/mol. The van der Waals surface area contributed by atoms with Crippen molar-refractivity contribution < 1.29 is 14.3 Å². The highest BCUT2D eigenvalue weighted by atomic mass is 16.7. The fourth-order valence-electron chi connectivity index (χ4n) is 1.58. The van der Waals surface area contributed by atoms with Crippen molar-refractivity contribution in [3.05, 3.63) is 0 Å². The molecule has 0 spiro atoms. The molecule has 1 aliphatic heterocycles. The Labute approximate surface area is 91.1 Å². The van der Waals surface area contributed by atoms with Gasteiger partial charge < -0.3 is 14.3 Å². The molecule has 0 N–H and O–H groups in total. The molecule has 15 heavy (non-hydrogen) atoms. The molecule has 3 heteroatoms. The number of ether oxygens (including phenoxy) is 2. The molecule has 1 rings (SSSR count). The summed E-state index contributed by atoms with van der Waals surface area (Å²) in [7, 11) is 0. The van der Waals surface area contributed by atoms with Gasteiger partial charge in [0, 0.05) is 18.9 Å². The molecule has 0 aromatic carbocycles. The van der Waals surface area contributed by atoms with E-state index in [9.17, 15) is 4.79 Å². The van der Waals surface area contributed by atoms with Crippen LogP contribution in [-0.4, -0.2) is 25.3 Å². The molecular weight excluding hydrogens is 192 g/mol. The number of rotatable bonds is 5. The predicted molar refractivity (Wildman–Crippen MR) is 57.1 cm³/mol. The first-order chi connectivity index (χ1) is 7.27. The Morgan fingerprint density at radius 1 is 1.67 bits per heavy atom. The summed E-state index contributed by atoms with van der Waals surface area (Å²) in [6, 6.07) is 0. The molecular formula is C12H18O3. The van der Waals surface area contributed by atoms with Gasteiger partial charge in [-0.1, -0.05) is 6.92 Å². The van der Waals surface area contributed by atoms with E-state index in [1.54, 1.807) is 0 Å². The summed E-state index contributed by atoms with van der Waals surface area (Å²) in [5.41, 5.74) is 0. The topological polar surface area (TPSA) is 35.5 Å². The maximum absolute atomic E-state index is 10.7. The maximum Gasteiger partial charge on any atom is 0.158 e. The van der Waals surface area contributed by atoms with E-state index in [2.05, 4.69) is 5.92 Å². The van der Waals surface area contributed by atoms with Gasteiger partial charge in [0.25, 0.3) is 0 Å². The van der Waals surface area contributed by atoms with Crippen LogP contribution in [-0.2, 0) is 14.3 Å². The van der Waals surface area contributed by atoms with Gasteiger partial charge >= 0.3 is 0 Å². The molecule has 3 nitrogen and oxygen atoms in total. The van der Waals surface area contributed by atoms with Crippen molar-refractivity contribution in [3.8, 4) is 12.3 Å². The molecule has 0 saturated carbocycles. The van der Waals surface area contributed by atoms with Gasteiger partial charge in [0.05, 0.1) is 6.10 Å². The van der Waals surface area contributed by atoms with Gasteiger partial charge in [-0.3, -0.25) is 0 Å². The molecule has 3 atom stereocenters. The zero-order valence-electron chi connectivity index (χ0n) is 9.15. The number of hydrogen-bond donors (Lipinski definition) is 0. The molecule has 0 aliphatic carbocycles. The zero-order valence-corrected chi connectivity index (χ0v) is 9.15. The smallest absolute Gasteiger partial charge is 0.158 e. The minimum atomic E-state index is -0.212. The van der Waals surface area contributed by atoms with Crippen LogP contribution >= 0.6 is 0 Å². The summed E-state index contributed by atoms with van der Waals surface area (Å²) in [6.07, 6.45) is 9.28. The number of carbonyl (C=O) groups is 1. The summed E-state index contributed by atoms with van der Waals surface area (Å²) in [5, 5.41) is 0. The first kappa shape index (κ1) is 12.2. The summed E-state index contributed by atoms with van der Waals surface area (Å²) < 4.78 is 11.1. The summed E-state index contributed by atoms with van der Waals surface area (Å²) in [5.74, 6) is 2.36. The molecule has 0 amide bonds. The fraction of sp³-hybridized carbons (Fsp3) is 0.750. The highest BCUT2D eigenvalue weighted by Crippen LogP contribution is 2.19. The third-order valence-corrected chi connectivity index (χ3v) is 2.58. The van der Waals surface area contributed by atoms with Crippen molar-refractivity contribution in [2.24, 2.45) is 5.92 Å². The van der Waals surface area contributed by atoms with Crippen LogP contribution in [0.4, 0.5) is 0 Å². The molecule has 1 saturated heterocycles. The van der Waals surface area contributed by atoms with Crippen molar-refractivity contribution in [2.45, 2.75) is 45.0 Å². The maximum atomic E-state index is 10.7. The van der Waals surface area contributed by atoms with Crippen molar-refractivity contribution in [1.29, 1.82) is 0 Å². The number of hydrogen-bond acceptors (Lipinski definition) is 3. The predicted octanol–water partition coefficient (Wildman–Crippen LogP) is 1.76. The zero-order chi connectivity index (χ0) is 11.1. The van der Waals surface area contributed by atoms with Crippen molar-refractivity contribution in [1.82, 2.24) is 0 Å². The van der Waals surface area contributed by atoms with Crippen LogP contribution in [0.5, 0.6) is 0 Å². The van der Waals surface area contributed by atoms with E-state index < -0.39 is 0 Å². The van der Waals surface area contributed by atoms with Crippen LogP contribution in [0.2, 0.25) is 0 Å². The minimum absolute atomic E-state index is 0.174. The normalized spacial score (nSPS) is 25.2. The molecule has 1 fully saturated rings. The van der Waals surface area contributed by atoms with Gasteiger partial charge in [-0.2, -0.15) is 0 Å². The number of aldehydes is 1. The number of terminal acetylenes is 1. The van der Waals surface area contributed by atoms with E-state index >= 15 is 0 Å². The Hall–Kier alpha value is -0.850. The Morgan fingerprint density at radius 2 is 2.47 bits per heavy atom. The second kappa shape index (κ2) is 6.60. The van der Waals surface area contributed by atoms with Crippen molar-refractivity contribution >= 4 is 6.29 Å². The Kier molecular flexibility index (Phi) is 5.38. The minimum Gasteiger partial charge on any atom is -0.353 e. The van der Waals surface area contributed by atoms with Crippen molar-refractivity contribution in [2.75, 3.05) is 6.61 Å². The third kappa shape index (κ3) is 4.03. The van der Waals surface area contributed by atoms with Gasteiger partial charge in [0.15, 0.2) is 6.29 Å². The summed E-state index contributed by atoms with van der Waals surface area (Å²) >= 11 is 0. The lowest BCUT2D eigenvalue weighted by molar-refractivity contribution is -0.194. The van der Waals surface area contributed by atoms with Crippen molar-refractivity contribution in [3.63, 3.8) is 0 Å². The fourth-order valence-corrected chi connectivity index (χ4v) is 1.58. The molecule has 1 heterocycles. The van der Waals surface area contributed by atoms with E-state index in [0.717, 1.165) is 32.2 Å². The highest BCUT2D eigenvalue weighted by Gasteiger charge is 2.23. The van der Waals surface area contributed by atoms with E-state index in [1.165, 1.54) is 0 Å². The van der Waals surface area contributed by atoms with Crippen LogP contribution in [0.3, 0.4) is 0 Å². The SMILES string of the molecule is C#CC[C@H](OC1CCCCO1)[C@H](C)C=O. The second-order valence-electron chi connectivity index (χ2n) is 3.87. The third-order valence-electron chi connectivity index (χ3n) is 2.58. The molecule has 0 radical (unpaired) electrons. The van der Waals surface area contributed by atoms with Gasteiger partial charge in [0.2, 0.25) is 0 Å². The largest absolute Gasteiger partial charge is 0.353 e. The quantitative estimate of drug-likeness (QED) is 0.512. The summed E-state index contributed by atoms with van der Waals surface area (Å²) in [6.45, 7) is 2.56. The second-order valence-corrected chi connectivity index (χ2v) is 3.87. The van der Waals surface area contributed by atoms with Gasteiger partial charge in [-0.05, 0) is 19.3 Å². The number of carbonyl (C=O) groups excluding carboxylic acids is 1. The molecule has 1 unspecified atom stereocenters. The Balaban J connectivity index is 2.42. The van der Waals surface area contributed by atoms with Gasteiger partial charge in [-0.25, -0.2) is 0 Å². The first-order valence-corrected chi connectivity index (χ1v) is 5.43. The van der Waals surface area contributed by atoms with Crippen LogP contribution in [0.25, 0.3) is 0 Å². The highest BCUT2D eigenvalue weighted by molar-refractivity contribution is 5.53. The molecule has 0 aromatic rings. The monoisotopic (exact) mass is 210 g/mol. The van der Waals surface area contributed by atoms with Gasteiger partial charge in [-0.15, -0.1) is 12.3 Å². The van der Waals surface area contributed by atoms with E-state index in [1.807, 2.05) is 6.92 Å². The van der Waals surface area contributed by atoms with Crippen LogP contribution in [0.1, 0.15) is 32.6 Å². The molecule has 0 bridgehead atoms. The standard InChI is InChI=1S/C12H18O3/c1-3-6-11(10(2)9-13)15-12-7-4-5-8-14-12/h1,9-12H,4-8H2,2H3/t10-,11+,12?/m1/s1. The Morgan fingerprint density at radius 3 is 3.00 bits per heavy atom. The lowest BCUT2D eigenvalue weighted by atomic mass is 10.0. The van der Waals surface area contributed by atoms with E-state index in [-0.39, 0.29) is 18.3 Å². The summed E-state index contributed by atoms with van der Waals surface area (Å²) in [4.78, 5) is 10.7. The van der Waals surface area contributed by atoms with E-state index in [0.29, 0.717) is 6.42 Å². The average Bonchev–Trinajstić information content (AvgIpc) is 2.29. The molecule has 84 valence electrons. The van der Waals surface area contributed by atoms with Crippen LogP contribution < -0.4 is 0 Å². The lowest BCUT2D eigenvalue weighted by Crippen LogP contribution is -2.32. The van der Waals surface area contributed by atoms with Crippen LogP contribution in [0.15, 0.2) is 0 Å². The lowest BCUT2D eigenvalue weighted by Gasteiger charge is -2.28. The van der Waals surface area contributed by atoms with Crippen LogP contribution in [0, 0.1) is 18.3 Å². The molecule has 0 aromatic heterocycles. The van der Waals surface area contributed by atoms with Gasteiger partial charge in [0.1, 0.15) is 6.29 Å². The molecule has 1 aliphatic rings. The first-order valence-electron chi connectivity index (χ1n) is 5.43. The van der Waals surface area contributed by atoms with E-state index in [4.69, 9.17) is 15.9 Å².